The van der Waals surface area contributed by atoms with E-state index in [-0.39, 0.29) is 19.6 Å². The highest BCUT2D eigenvalue weighted by Crippen LogP contribution is 2.09. The Balaban J connectivity index is 4.31. The Morgan fingerprint density at radius 1 is 1.18 bits per heavy atom. The number of methoxy groups -OCH3 is 1. The number of nitrogens with two attached hydrogens (primary N) is 1. The number of hydrogen-bond acceptors (Lipinski definition) is 6. The lowest BCUT2D eigenvalue weighted by molar-refractivity contribution is -0.135. The first-order valence-corrected chi connectivity index (χ1v) is 6.91. The summed E-state index contributed by atoms with van der Waals surface area (Å²) in [6, 6.07) is 0. The molecule has 0 rings (SSSR count). The Labute approximate surface area is 130 Å². The molecular formula is C14H25N3O5. The molecule has 0 heterocycles. The van der Waals surface area contributed by atoms with Crippen LogP contribution in [0, 0.1) is 0 Å². The molecule has 0 aromatic heterocycles. The van der Waals surface area contributed by atoms with Crippen molar-refractivity contribution in [1.82, 2.24) is 10.2 Å². The van der Waals surface area contributed by atoms with Gasteiger partial charge < -0.3 is 25.4 Å². The molecule has 0 aliphatic rings. The minimum atomic E-state index is -0.617. The smallest absolute Gasteiger partial charge is 0.410 e. The Hall–Kier alpha value is -2.09. The molecular weight excluding hydrogens is 290 g/mol. The van der Waals surface area contributed by atoms with E-state index in [0.29, 0.717) is 6.54 Å². The van der Waals surface area contributed by atoms with Crippen LogP contribution in [-0.4, -0.2) is 61.8 Å². The van der Waals surface area contributed by atoms with Crippen LogP contribution < -0.4 is 11.1 Å². The minimum absolute atomic E-state index is 0.212. The van der Waals surface area contributed by atoms with Gasteiger partial charge in [0.1, 0.15) is 5.60 Å². The summed E-state index contributed by atoms with van der Waals surface area (Å²) in [5.41, 5.74) is 4.86. The van der Waals surface area contributed by atoms with Gasteiger partial charge in [0, 0.05) is 38.3 Å². The number of nitrogens with zero attached hydrogens (tertiary/aromatic N) is 1. The van der Waals surface area contributed by atoms with Crippen molar-refractivity contribution in [2.24, 2.45) is 5.73 Å². The molecule has 2 amide bonds. The maximum absolute atomic E-state index is 11.9. The standard InChI is InChI=1S/C14H25N3O5/c1-14(2,3)22-13(20)17(9-7-15)10-8-16-11(18)5-6-12(19)21-4/h5-6H,7-10,15H2,1-4H3,(H,16,18). The topological polar surface area (TPSA) is 111 Å². The van der Waals surface area contributed by atoms with Crippen LogP contribution in [0.1, 0.15) is 20.8 Å². The van der Waals surface area contributed by atoms with Gasteiger partial charge in [-0.3, -0.25) is 4.79 Å². The Kier molecular flexibility index (Phi) is 8.85. The van der Waals surface area contributed by atoms with E-state index in [2.05, 4.69) is 10.1 Å². The van der Waals surface area contributed by atoms with E-state index >= 15 is 0 Å². The SMILES string of the molecule is COC(=O)C=CC(=O)NCCN(CCN)C(=O)OC(C)(C)C. The molecule has 22 heavy (non-hydrogen) atoms. The van der Waals surface area contributed by atoms with Crippen LogP contribution in [-0.2, 0) is 19.1 Å². The highest BCUT2D eigenvalue weighted by Gasteiger charge is 2.21. The summed E-state index contributed by atoms with van der Waals surface area (Å²) in [7, 11) is 1.22. The third-order valence-corrected chi connectivity index (χ3v) is 2.30. The van der Waals surface area contributed by atoms with E-state index in [1.165, 1.54) is 12.0 Å². The first kappa shape index (κ1) is 19.9. The van der Waals surface area contributed by atoms with Crippen LogP contribution in [0.5, 0.6) is 0 Å². The summed E-state index contributed by atoms with van der Waals surface area (Å²) in [6.07, 6.45) is 1.59. The van der Waals surface area contributed by atoms with Crippen molar-refractivity contribution >= 4 is 18.0 Å². The van der Waals surface area contributed by atoms with Gasteiger partial charge >= 0.3 is 12.1 Å². The van der Waals surface area contributed by atoms with Crippen LogP contribution >= 0.6 is 0 Å². The lowest BCUT2D eigenvalue weighted by Crippen LogP contribution is -2.43. The fourth-order valence-electron chi connectivity index (χ4n) is 1.36. The zero-order chi connectivity index (χ0) is 17.2. The van der Waals surface area contributed by atoms with E-state index < -0.39 is 23.6 Å². The number of nitrogens with one attached hydrogen (secondary N) is 1. The summed E-state index contributed by atoms with van der Waals surface area (Å²) in [5, 5.41) is 2.54. The molecule has 126 valence electrons. The Morgan fingerprint density at radius 2 is 1.82 bits per heavy atom. The zero-order valence-corrected chi connectivity index (χ0v) is 13.5. The maximum atomic E-state index is 11.9. The number of carbonyl (C=O) groups is 3. The quantitative estimate of drug-likeness (QED) is 0.506. The van der Waals surface area contributed by atoms with Crippen molar-refractivity contribution in [2.45, 2.75) is 26.4 Å². The van der Waals surface area contributed by atoms with Gasteiger partial charge in [0.2, 0.25) is 5.91 Å². The monoisotopic (exact) mass is 315 g/mol. The second-order valence-electron chi connectivity index (χ2n) is 5.40. The van der Waals surface area contributed by atoms with E-state index in [0.717, 1.165) is 12.2 Å². The highest BCUT2D eigenvalue weighted by atomic mass is 16.6. The first-order valence-electron chi connectivity index (χ1n) is 6.91. The fourth-order valence-corrected chi connectivity index (χ4v) is 1.36. The van der Waals surface area contributed by atoms with Gasteiger partial charge in [-0.05, 0) is 20.8 Å². The van der Waals surface area contributed by atoms with Crippen LogP contribution in [0.15, 0.2) is 12.2 Å². The summed E-state index contributed by atoms with van der Waals surface area (Å²) >= 11 is 0. The molecule has 0 bridgehead atoms. The molecule has 0 saturated carbocycles. The van der Waals surface area contributed by atoms with Gasteiger partial charge in [-0.1, -0.05) is 0 Å². The van der Waals surface area contributed by atoms with Crippen molar-refractivity contribution in [1.29, 1.82) is 0 Å². The van der Waals surface area contributed by atoms with Crippen LogP contribution in [0.25, 0.3) is 0 Å². The first-order chi connectivity index (χ1) is 10.2. The maximum Gasteiger partial charge on any atom is 0.410 e. The van der Waals surface area contributed by atoms with Gasteiger partial charge in [-0.25, -0.2) is 9.59 Å². The summed E-state index contributed by atoms with van der Waals surface area (Å²) in [4.78, 5) is 35.6. The molecule has 0 aliphatic carbocycles. The third-order valence-electron chi connectivity index (χ3n) is 2.30. The molecule has 0 saturated heterocycles. The Morgan fingerprint density at radius 3 is 2.32 bits per heavy atom. The molecule has 0 aromatic carbocycles. The number of hydrogen-bond donors (Lipinski definition) is 2. The zero-order valence-electron chi connectivity index (χ0n) is 13.5. The van der Waals surface area contributed by atoms with Crippen molar-refractivity contribution < 1.29 is 23.9 Å². The predicted octanol–water partition coefficient (Wildman–Crippen LogP) is 0.0276. The van der Waals surface area contributed by atoms with Crippen molar-refractivity contribution in [3.8, 4) is 0 Å². The van der Waals surface area contributed by atoms with Gasteiger partial charge in [0.15, 0.2) is 0 Å². The highest BCUT2D eigenvalue weighted by molar-refractivity contribution is 5.94. The van der Waals surface area contributed by atoms with Gasteiger partial charge in [-0.15, -0.1) is 0 Å². The predicted molar refractivity (Wildman–Crippen MR) is 81.0 cm³/mol. The molecule has 0 spiro atoms. The number of ether oxygens (including phenoxy) is 2. The van der Waals surface area contributed by atoms with E-state index in [1.807, 2.05) is 0 Å². The van der Waals surface area contributed by atoms with Crippen molar-refractivity contribution in [2.75, 3.05) is 33.3 Å². The number of esters is 1. The van der Waals surface area contributed by atoms with E-state index in [1.54, 1.807) is 20.8 Å². The second-order valence-corrected chi connectivity index (χ2v) is 5.40. The average Bonchev–Trinajstić information content (AvgIpc) is 2.41. The fraction of sp³-hybridized carbons (Fsp3) is 0.643. The third kappa shape index (κ3) is 9.76. The molecule has 8 heteroatoms. The molecule has 0 aliphatic heterocycles. The van der Waals surface area contributed by atoms with Gasteiger partial charge in [-0.2, -0.15) is 0 Å². The molecule has 3 N–H and O–H groups in total. The Bertz CT molecular complexity index is 415. The molecule has 0 unspecified atom stereocenters. The van der Waals surface area contributed by atoms with Crippen molar-refractivity contribution in [3.63, 3.8) is 0 Å². The lowest BCUT2D eigenvalue weighted by Gasteiger charge is -2.27. The second kappa shape index (κ2) is 9.78. The summed E-state index contributed by atoms with van der Waals surface area (Å²) in [6.45, 7) is 6.38. The molecule has 0 aromatic rings. The molecule has 8 nitrogen and oxygen atoms in total. The summed E-state index contributed by atoms with van der Waals surface area (Å²) in [5.74, 6) is -1.07. The van der Waals surface area contributed by atoms with Crippen molar-refractivity contribution in [3.05, 3.63) is 12.2 Å². The van der Waals surface area contributed by atoms with Crippen LogP contribution in [0.2, 0.25) is 0 Å². The molecule has 0 radical (unpaired) electrons. The van der Waals surface area contributed by atoms with Crippen LogP contribution in [0.3, 0.4) is 0 Å². The van der Waals surface area contributed by atoms with Crippen LogP contribution in [0.4, 0.5) is 4.79 Å². The number of rotatable bonds is 7. The number of carbonyl (C=O) groups excluding carboxylic acids is 3. The average molecular weight is 315 g/mol. The lowest BCUT2D eigenvalue weighted by atomic mass is 10.2. The molecule has 0 fully saturated rings. The van der Waals surface area contributed by atoms with E-state index in [4.69, 9.17) is 10.5 Å². The van der Waals surface area contributed by atoms with Gasteiger partial charge in [0.25, 0.3) is 0 Å². The minimum Gasteiger partial charge on any atom is -0.466 e. The largest absolute Gasteiger partial charge is 0.466 e. The normalized spacial score (nSPS) is 11.1. The number of amides is 2. The van der Waals surface area contributed by atoms with Gasteiger partial charge in [0.05, 0.1) is 7.11 Å². The summed E-state index contributed by atoms with van der Waals surface area (Å²) < 4.78 is 9.61. The molecule has 0 atom stereocenters. The van der Waals surface area contributed by atoms with E-state index in [9.17, 15) is 14.4 Å².